The predicted octanol–water partition coefficient (Wildman–Crippen LogP) is 2.72. The number of hydrogen-bond donors (Lipinski definition) is 1. The summed E-state index contributed by atoms with van der Waals surface area (Å²) in [4.78, 5) is 10.9. The summed E-state index contributed by atoms with van der Waals surface area (Å²) in [5.74, 6) is 2.01. The number of nitrogens with two attached hydrogens (primary N) is 1. The van der Waals surface area contributed by atoms with Crippen LogP contribution in [0.4, 0.5) is 0 Å². The van der Waals surface area contributed by atoms with E-state index in [1.165, 1.54) is 6.92 Å². The molecule has 122 valence electrons. The summed E-state index contributed by atoms with van der Waals surface area (Å²) in [5.41, 5.74) is 8.13. The van der Waals surface area contributed by atoms with Gasteiger partial charge in [-0.05, 0) is 36.8 Å². The molecule has 5 heteroatoms. The van der Waals surface area contributed by atoms with Gasteiger partial charge in [-0.15, -0.1) is 0 Å². The molecule has 0 fully saturated rings. The Hall–Kier alpha value is -2.53. The quantitative estimate of drug-likeness (QED) is 0.850. The summed E-state index contributed by atoms with van der Waals surface area (Å²) >= 11 is 0. The van der Waals surface area contributed by atoms with E-state index in [0.29, 0.717) is 17.2 Å². The normalized spacial score (nSPS) is 11.7. The Balaban J connectivity index is 2.19. The van der Waals surface area contributed by atoms with Crippen molar-refractivity contribution in [3.05, 3.63) is 53.6 Å². The zero-order valence-electron chi connectivity index (χ0n) is 13.5. The molecule has 0 aliphatic heterocycles. The Kier molecular flexibility index (Phi) is 5.60. The number of carbonyl (C=O) groups excluding carboxylic acids is 1. The van der Waals surface area contributed by atoms with Crippen molar-refractivity contribution in [3.8, 4) is 17.2 Å². The van der Waals surface area contributed by atoms with Crippen LogP contribution in [0.25, 0.3) is 0 Å². The van der Waals surface area contributed by atoms with E-state index in [-0.39, 0.29) is 18.4 Å². The summed E-state index contributed by atoms with van der Waals surface area (Å²) in [6, 6.07) is 12.6. The van der Waals surface area contributed by atoms with Crippen molar-refractivity contribution in [2.24, 2.45) is 5.73 Å². The van der Waals surface area contributed by atoms with Crippen LogP contribution in [0.5, 0.6) is 17.2 Å². The van der Waals surface area contributed by atoms with E-state index in [1.807, 2.05) is 24.3 Å². The lowest BCUT2D eigenvalue weighted by Crippen LogP contribution is -2.13. The smallest absolute Gasteiger partial charge is 0.167 e. The van der Waals surface area contributed by atoms with E-state index < -0.39 is 0 Å². The van der Waals surface area contributed by atoms with Crippen molar-refractivity contribution in [2.45, 2.75) is 13.0 Å². The fraction of sp³-hybridized carbons (Fsp3) is 0.278. The summed E-state index contributed by atoms with van der Waals surface area (Å²) in [5, 5.41) is 0. The second-order valence-corrected chi connectivity index (χ2v) is 5.15. The molecule has 2 aromatic carbocycles. The number of Topliss-reactive ketones (excluding diaryl/α,β-unsaturated/α-hetero) is 1. The van der Waals surface area contributed by atoms with Gasteiger partial charge >= 0.3 is 0 Å². The van der Waals surface area contributed by atoms with Crippen LogP contribution in [-0.4, -0.2) is 26.6 Å². The largest absolute Gasteiger partial charge is 0.497 e. The van der Waals surface area contributed by atoms with Crippen molar-refractivity contribution >= 4 is 5.78 Å². The molecule has 23 heavy (non-hydrogen) atoms. The summed E-state index contributed by atoms with van der Waals surface area (Å²) in [6.07, 6.45) is 0. The first-order valence-corrected chi connectivity index (χ1v) is 7.25. The topological polar surface area (TPSA) is 70.8 Å². The molecular weight excluding hydrogens is 294 g/mol. The first-order valence-electron chi connectivity index (χ1n) is 7.25. The number of carbonyl (C=O) groups is 1. The molecule has 2 N–H and O–H groups in total. The zero-order valence-corrected chi connectivity index (χ0v) is 13.5. The van der Waals surface area contributed by atoms with Crippen LogP contribution < -0.4 is 19.9 Å². The lowest BCUT2D eigenvalue weighted by atomic mass is 9.98. The van der Waals surface area contributed by atoms with Gasteiger partial charge in [0.1, 0.15) is 23.9 Å². The van der Waals surface area contributed by atoms with Crippen LogP contribution >= 0.6 is 0 Å². The SMILES string of the molecule is COc1ccc(C(N)c2ccc(OCC(C)=O)cc2)c(OC)c1. The fourth-order valence-corrected chi connectivity index (χ4v) is 2.21. The second kappa shape index (κ2) is 7.65. The van der Waals surface area contributed by atoms with E-state index in [2.05, 4.69) is 0 Å². The fourth-order valence-electron chi connectivity index (χ4n) is 2.21. The van der Waals surface area contributed by atoms with Gasteiger partial charge in [0.25, 0.3) is 0 Å². The molecule has 0 saturated heterocycles. The minimum absolute atomic E-state index is 0.0197. The maximum Gasteiger partial charge on any atom is 0.167 e. The first kappa shape index (κ1) is 16.8. The molecule has 1 unspecified atom stereocenters. The minimum atomic E-state index is -0.335. The van der Waals surface area contributed by atoms with Crippen LogP contribution in [0.1, 0.15) is 24.1 Å². The van der Waals surface area contributed by atoms with Crippen molar-refractivity contribution in [3.63, 3.8) is 0 Å². The molecule has 0 spiro atoms. The van der Waals surface area contributed by atoms with Gasteiger partial charge in [-0.3, -0.25) is 4.79 Å². The number of ether oxygens (including phenoxy) is 3. The standard InChI is InChI=1S/C18H21NO4/c1-12(20)11-23-14-6-4-13(5-7-14)18(19)16-9-8-15(21-2)10-17(16)22-3/h4-10,18H,11,19H2,1-3H3. The van der Waals surface area contributed by atoms with Crippen LogP contribution in [-0.2, 0) is 4.79 Å². The maximum absolute atomic E-state index is 10.9. The van der Waals surface area contributed by atoms with Crippen LogP contribution in [0.15, 0.2) is 42.5 Å². The highest BCUT2D eigenvalue weighted by atomic mass is 16.5. The predicted molar refractivity (Wildman–Crippen MR) is 88.2 cm³/mol. The number of hydrogen-bond acceptors (Lipinski definition) is 5. The molecule has 0 saturated carbocycles. The third-order valence-electron chi connectivity index (χ3n) is 3.46. The van der Waals surface area contributed by atoms with E-state index in [1.54, 1.807) is 32.4 Å². The summed E-state index contributed by atoms with van der Waals surface area (Å²) in [6.45, 7) is 1.55. The van der Waals surface area contributed by atoms with Crippen molar-refractivity contribution in [2.75, 3.05) is 20.8 Å². The van der Waals surface area contributed by atoms with Gasteiger partial charge in [-0.25, -0.2) is 0 Å². The monoisotopic (exact) mass is 315 g/mol. The number of benzene rings is 2. The molecule has 0 heterocycles. The molecule has 0 amide bonds. The van der Waals surface area contributed by atoms with Gasteiger partial charge in [0.15, 0.2) is 5.78 Å². The van der Waals surface area contributed by atoms with Crippen LogP contribution in [0.2, 0.25) is 0 Å². The first-order chi connectivity index (χ1) is 11.0. The Morgan fingerprint density at radius 2 is 1.70 bits per heavy atom. The van der Waals surface area contributed by atoms with E-state index in [9.17, 15) is 4.79 Å². The molecule has 0 aliphatic carbocycles. The average molecular weight is 315 g/mol. The van der Waals surface area contributed by atoms with Gasteiger partial charge in [-0.1, -0.05) is 12.1 Å². The van der Waals surface area contributed by atoms with Crippen molar-refractivity contribution < 1.29 is 19.0 Å². The summed E-state index contributed by atoms with van der Waals surface area (Å²) in [7, 11) is 3.21. The molecule has 0 aromatic heterocycles. The van der Waals surface area contributed by atoms with E-state index >= 15 is 0 Å². The Morgan fingerprint density at radius 1 is 1.04 bits per heavy atom. The molecule has 2 aromatic rings. The highest BCUT2D eigenvalue weighted by Crippen LogP contribution is 2.32. The Bertz CT molecular complexity index is 667. The molecular formula is C18H21NO4. The van der Waals surface area contributed by atoms with E-state index in [0.717, 1.165) is 11.1 Å². The van der Waals surface area contributed by atoms with Gasteiger partial charge in [-0.2, -0.15) is 0 Å². The molecule has 0 radical (unpaired) electrons. The number of ketones is 1. The molecule has 0 bridgehead atoms. The third-order valence-corrected chi connectivity index (χ3v) is 3.46. The lowest BCUT2D eigenvalue weighted by molar-refractivity contribution is -0.118. The van der Waals surface area contributed by atoms with Gasteiger partial charge in [0, 0.05) is 11.6 Å². The summed E-state index contributed by atoms with van der Waals surface area (Å²) < 4.78 is 15.9. The van der Waals surface area contributed by atoms with Crippen LogP contribution in [0.3, 0.4) is 0 Å². The number of methoxy groups -OCH3 is 2. The lowest BCUT2D eigenvalue weighted by Gasteiger charge is -2.17. The highest BCUT2D eigenvalue weighted by Gasteiger charge is 2.15. The van der Waals surface area contributed by atoms with Crippen LogP contribution in [0, 0.1) is 0 Å². The Morgan fingerprint density at radius 3 is 2.26 bits per heavy atom. The maximum atomic E-state index is 10.9. The zero-order chi connectivity index (χ0) is 16.8. The molecule has 5 nitrogen and oxygen atoms in total. The average Bonchev–Trinajstić information content (AvgIpc) is 2.59. The highest BCUT2D eigenvalue weighted by molar-refractivity contribution is 5.77. The van der Waals surface area contributed by atoms with Gasteiger partial charge < -0.3 is 19.9 Å². The Labute approximate surface area is 136 Å². The third kappa shape index (κ3) is 4.23. The van der Waals surface area contributed by atoms with Gasteiger partial charge in [0.05, 0.1) is 20.3 Å². The molecule has 0 aliphatic rings. The number of rotatable bonds is 7. The minimum Gasteiger partial charge on any atom is -0.497 e. The molecule has 2 rings (SSSR count). The second-order valence-electron chi connectivity index (χ2n) is 5.15. The van der Waals surface area contributed by atoms with E-state index in [4.69, 9.17) is 19.9 Å². The van der Waals surface area contributed by atoms with Crippen molar-refractivity contribution in [1.29, 1.82) is 0 Å². The van der Waals surface area contributed by atoms with Gasteiger partial charge in [0.2, 0.25) is 0 Å². The van der Waals surface area contributed by atoms with Crippen molar-refractivity contribution in [1.82, 2.24) is 0 Å². The molecule has 1 atom stereocenters.